The minimum atomic E-state index is -0.250. The summed E-state index contributed by atoms with van der Waals surface area (Å²) in [6.45, 7) is 1.96. The second-order valence-electron chi connectivity index (χ2n) is 6.36. The summed E-state index contributed by atoms with van der Waals surface area (Å²) in [5.74, 6) is -0.456. The van der Waals surface area contributed by atoms with E-state index in [-0.39, 0.29) is 11.8 Å². The largest absolute Gasteiger partial charge is 0.307 e. The standard InChI is InChI=1S/C21H14ClN3O2S3/c1-11-17(13-6-8-15(22)9-7-13)23-20(29-11)24-18(26)14-4-2-12(3-5-14)10-16-19(27)25-21(28)30-16/h2-10H,1H3,(H,23,24,26)(H,25,27,28)/b16-10-. The molecule has 0 bridgehead atoms. The van der Waals surface area contributed by atoms with Crippen molar-refractivity contribution in [3.8, 4) is 11.3 Å². The van der Waals surface area contributed by atoms with Crippen LogP contribution in [0.3, 0.4) is 0 Å². The number of aromatic nitrogens is 1. The molecule has 1 saturated heterocycles. The Morgan fingerprint density at radius 3 is 2.50 bits per heavy atom. The predicted octanol–water partition coefficient (Wildman–Crippen LogP) is 5.51. The smallest absolute Gasteiger partial charge is 0.263 e. The van der Waals surface area contributed by atoms with E-state index in [1.165, 1.54) is 23.1 Å². The summed E-state index contributed by atoms with van der Waals surface area (Å²) in [4.78, 5) is 30.4. The van der Waals surface area contributed by atoms with Crippen LogP contribution in [0.2, 0.25) is 5.02 Å². The first-order valence-corrected chi connectivity index (χ1v) is 11.2. The van der Waals surface area contributed by atoms with E-state index in [9.17, 15) is 9.59 Å². The highest BCUT2D eigenvalue weighted by Gasteiger charge is 2.22. The van der Waals surface area contributed by atoms with E-state index in [1.54, 1.807) is 30.3 Å². The number of carbonyl (C=O) groups excluding carboxylic acids is 2. The summed E-state index contributed by atoms with van der Waals surface area (Å²) in [6, 6.07) is 14.4. The minimum Gasteiger partial charge on any atom is -0.307 e. The maximum absolute atomic E-state index is 12.6. The Morgan fingerprint density at radius 2 is 1.87 bits per heavy atom. The Hall–Kier alpha value is -2.52. The summed E-state index contributed by atoms with van der Waals surface area (Å²) in [6.07, 6.45) is 1.74. The highest BCUT2D eigenvalue weighted by molar-refractivity contribution is 8.26. The van der Waals surface area contributed by atoms with Crippen molar-refractivity contribution in [1.29, 1.82) is 0 Å². The van der Waals surface area contributed by atoms with Crippen molar-refractivity contribution >= 4 is 74.3 Å². The lowest BCUT2D eigenvalue weighted by Crippen LogP contribution is -2.17. The highest BCUT2D eigenvalue weighted by Crippen LogP contribution is 2.31. The summed E-state index contributed by atoms with van der Waals surface area (Å²) in [5.41, 5.74) is 3.07. The van der Waals surface area contributed by atoms with Crippen molar-refractivity contribution in [2.24, 2.45) is 0 Å². The fourth-order valence-electron chi connectivity index (χ4n) is 2.80. The highest BCUT2D eigenvalue weighted by atomic mass is 35.5. The Balaban J connectivity index is 1.47. The maximum Gasteiger partial charge on any atom is 0.263 e. The number of hydrogen-bond acceptors (Lipinski definition) is 6. The predicted molar refractivity (Wildman–Crippen MR) is 128 cm³/mol. The van der Waals surface area contributed by atoms with Crippen molar-refractivity contribution in [3.63, 3.8) is 0 Å². The molecule has 0 radical (unpaired) electrons. The zero-order valence-electron chi connectivity index (χ0n) is 15.6. The fraction of sp³-hybridized carbons (Fsp3) is 0.0476. The number of anilines is 1. The molecule has 4 rings (SSSR count). The number of benzene rings is 2. The monoisotopic (exact) mass is 471 g/mol. The van der Waals surface area contributed by atoms with Gasteiger partial charge < -0.3 is 5.32 Å². The van der Waals surface area contributed by atoms with Crippen LogP contribution >= 0.6 is 46.9 Å². The van der Waals surface area contributed by atoms with Gasteiger partial charge in [0.25, 0.3) is 11.8 Å². The van der Waals surface area contributed by atoms with E-state index < -0.39 is 0 Å². The number of carbonyl (C=O) groups is 2. The number of nitrogens with zero attached hydrogens (tertiary/aromatic N) is 1. The lowest BCUT2D eigenvalue weighted by Gasteiger charge is -2.03. The normalized spacial score (nSPS) is 14.8. The number of thiocarbonyl (C=S) groups is 1. The average molecular weight is 472 g/mol. The Labute approximate surface area is 191 Å². The molecule has 2 amide bonds. The van der Waals surface area contributed by atoms with Gasteiger partial charge in [-0.3, -0.25) is 14.9 Å². The van der Waals surface area contributed by atoms with Crippen molar-refractivity contribution in [1.82, 2.24) is 10.3 Å². The molecule has 0 atom stereocenters. The lowest BCUT2D eigenvalue weighted by atomic mass is 10.1. The first kappa shape index (κ1) is 20.7. The van der Waals surface area contributed by atoms with Gasteiger partial charge >= 0.3 is 0 Å². The average Bonchev–Trinajstić information content (AvgIpc) is 3.23. The molecule has 0 aliphatic carbocycles. The summed E-state index contributed by atoms with van der Waals surface area (Å²) < 4.78 is 0.443. The van der Waals surface area contributed by atoms with E-state index in [0.717, 1.165) is 21.7 Å². The number of rotatable bonds is 4. The Morgan fingerprint density at radius 1 is 1.17 bits per heavy atom. The third kappa shape index (κ3) is 4.62. The van der Waals surface area contributed by atoms with Gasteiger partial charge in [0.05, 0.1) is 10.6 Å². The van der Waals surface area contributed by atoms with E-state index >= 15 is 0 Å². The van der Waals surface area contributed by atoms with Gasteiger partial charge in [-0.05, 0) is 42.8 Å². The second-order valence-corrected chi connectivity index (χ2v) is 9.72. The zero-order chi connectivity index (χ0) is 21.3. The quantitative estimate of drug-likeness (QED) is 0.387. The molecule has 0 unspecified atom stereocenters. The molecule has 1 fully saturated rings. The van der Waals surface area contributed by atoms with Gasteiger partial charge in [0.2, 0.25) is 0 Å². The zero-order valence-corrected chi connectivity index (χ0v) is 18.8. The molecule has 0 spiro atoms. The maximum atomic E-state index is 12.6. The number of aryl methyl sites for hydroxylation is 1. The molecule has 3 aromatic rings. The number of nitrogens with one attached hydrogen (secondary N) is 2. The van der Waals surface area contributed by atoms with Gasteiger partial charge in [0, 0.05) is 21.0 Å². The van der Waals surface area contributed by atoms with Crippen LogP contribution in [-0.4, -0.2) is 21.1 Å². The minimum absolute atomic E-state index is 0.206. The Bertz CT molecular complexity index is 1190. The molecule has 9 heteroatoms. The molecule has 150 valence electrons. The number of hydrogen-bond donors (Lipinski definition) is 2. The van der Waals surface area contributed by atoms with Crippen LogP contribution in [0.5, 0.6) is 0 Å². The van der Waals surface area contributed by atoms with Crippen molar-refractivity contribution < 1.29 is 9.59 Å². The van der Waals surface area contributed by atoms with Gasteiger partial charge in [-0.25, -0.2) is 4.98 Å². The topological polar surface area (TPSA) is 71.1 Å². The number of halogens is 1. The number of thioether (sulfide) groups is 1. The van der Waals surface area contributed by atoms with Gasteiger partial charge in [-0.1, -0.05) is 59.8 Å². The third-order valence-corrected chi connectivity index (χ3v) is 6.55. The molecule has 30 heavy (non-hydrogen) atoms. The van der Waals surface area contributed by atoms with Gasteiger partial charge in [0.1, 0.15) is 4.32 Å². The van der Waals surface area contributed by atoms with Crippen LogP contribution in [0.4, 0.5) is 5.13 Å². The second kappa shape index (κ2) is 8.69. The molecular formula is C21H14ClN3O2S3. The molecule has 1 aliphatic heterocycles. The molecular weight excluding hydrogens is 458 g/mol. The molecule has 2 N–H and O–H groups in total. The van der Waals surface area contributed by atoms with Crippen LogP contribution in [0, 0.1) is 6.92 Å². The van der Waals surface area contributed by atoms with Crippen LogP contribution in [0.1, 0.15) is 20.8 Å². The molecule has 5 nitrogen and oxygen atoms in total. The first-order chi connectivity index (χ1) is 14.4. The van der Waals surface area contributed by atoms with Gasteiger partial charge in [-0.2, -0.15) is 0 Å². The van der Waals surface area contributed by atoms with Crippen LogP contribution in [0.25, 0.3) is 17.3 Å². The van der Waals surface area contributed by atoms with Crippen molar-refractivity contribution in [2.45, 2.75) is 6.92 Å². The van der Waals surface area contributed by atoms with E-state index in [1.807, 2.05) is 31.2 Å². The van der Waals surface area contributed by atoms with Crippen molar-refractivity contribution in [3.05, 3.63) is 74.5 Å². The molecule has 1 aliphatic rings. The van der Waals surface area contributed by atoms with E-state index in [2.05, 4.69) is 15.6 Å². The summed E-state index contributed by atoms with van der Waals surface area (Å²) in [7, 11) is 0. The van der Waals surface area contributed by atoms with Crippen LogP contribution in [0.15, 0.2) is 53.4 Å². The van der Waals surface area contributed by atoms with Crippen LogP contribution in [-0.2, 0) is 4.79 Å². The van der Waals surface area contributed by atoms with Gasteiger partial charge in [0.15, 0.2) is 5.13 Å². The molecule has 2 aromatic carbocycles. The first-order valence-electron chi connectivity index (χ1n) is 8.79. The molecule has 0 saturated carbocycles. The van der Waals surface area contributed by atoms with E-state index in [0.29, 0.717) is 24.9 Å². The van der Waals surface area contributed by atoms with Gasteiger partial charge in [-0.15, -0.1) is 11.3 Å². The number of amides is 2. The molecule has 1 aromatic heterocycles. The third-order valence-electron chi connectivity index (χ3n) is 4.25. The van der Waals surface area contributed by atoms with Crippen LogP contribution < -0.4 is 10.6 Å². The SMILES string of the molecule is Cc1sc(NC(=O)c2ccc(/C=C3\SC(=S)NC3=O)cc2)nc1-c1ccc(Cl)cc1. The lowest BCUT2D eigenvalue weighted by molar-refractivity contribution is -0.115. The summed E-state index contributed by atoms with van der Waals surface area (Å²) >= 11 is 13.6. The van der Waals surface area contributed by atoms with Crippen molar-refractivity contribution in [2.75, 3.05) is 5.32 Å². The van der Waals surface area contributed by atoms with E-state index in [4.69, 9.17) is 23.8 Å². The number of thiazole rings is 1. The Kier molecular flexibility index (Phi) is 6.01. The molecule has 2 heterocycles. The fourth-order valence-corrected chi connectivity index (χ4v) is 4.80. The summed E-state index contributed by atoms with van der Waals surface area (Å²) in [5, 5.41) is 6.61.